The molecule has 0 fully saturated rings. The third kappa shape index (κ3) is 6.06. The Morgan fingerprint density at radius 1 is 1.21 bits per heavy atom. The fourth-order valence-electron chi connectivity index (χ4n) is 2.65. The number of benzene rings is 2. The van der Waals surface area contributed by atoms with Crippen LogP contribution in [-0.4, -0.2) is 46.9 Å². The highest BCUT2D eigenvalue weighted by Crippen LogP contribution is 2.22. The van der Waals surface area contributed by atoms with Gasteiger partial charge in [0.15, 0.2) is 0 Å². The van der Waals surface area contributed by atoms with Gasteiger partial charge in [0.25, 0.3) is 5.91 Å². The van der Waals surface area contributed by atoms with Crippen molar-refractivity contribution in [1.82, 2.24) is 10.2 Å². The second kappa shape index (κ2) is 10.6. The van der Waals surface area contributed by atoms with Crippen molar-refractivity contribution in [3.05, 3.63) is 63.6 Å². The number of carbonyl (C=O) groups is 2. The molecule has 5 nitrogen and oxygen atoms in total. The summed E-state index contributed by atoms with van der Waals surface area (Å²) in [5.41, 5.74) is 0.894. The van der Waals surface area contributed by atoms with Crippen molar-refractivity contribution in [2.75, 3.05) is 19.1 Å². The fourth-order valence-corrected chi connectivity index (χ4v) is 3.61. The summed E-state index contributed by atoms with van der Waals surface area (Å²) >= 11 is 13.6. The molecule has 0 aliphatic carbocycles. The molecular formula is C20H22Cl2N2O3S. The van der Waals surface area contributed by atoms with Crippen LogP contribution in [0.3, 0.4) is 0 Å². The van der Waals surface area contributed by atoms with E-state index in [-0.39, 0.29) is 28.8 Å². The van der Waals surface area contributed by atoms with Crippen LogP contribution in [0.1, 0.15) is 22.3 Å². The normalized spacial score (nSPS) is 11.7. The van der Waals surface area contributed by atoms with Crippen LogP contribution in [0.25, 0.3) is 0 Å². The highest BCUT2D eigenvalue weighted by Gasteiger charge is 2.25. The number of hydrogen-bond donors (Lipinski definition) is 2. The molecule has 0 radical (unpaired) electrons. The molecule has 0 heterocycles. The fraction of sp³-hybridized carbons (Fsp3) is 0.300. The van der Waals surface area contributed by atoms with E-state index in [4.69, 9.17) is 23.2 Å². The average molecular weight is 441 g/mol. The summed E-state index contributed by atoms with van der Waals surface area (Å²) in [6, 6.07) is 10.7. The van der Waals surface area contributed by atoms with Gasteiger partial charge in [0.1, 0.15) is 11.8 Å². The first-order valence-corrected chi connectivity index (χ1v) is 10.7. The van der Waals surface area contributed by atoms with Crippen molar-refractivity contribution >= 4 is 46.8 Å². The van der Waals surface area contributed by atoms with Gasteiger partial charge in [-0.1, -0.05) is 41.4 Å². The number of phenolic OH excluding ortho intramolecular Hbond substituents is 1. The van der Waals surface area contributed by atoms with E-state index in [1.807, 2.05) is 6.26 Å². The van der Waals surface area contributed by atoms with Crippen molar-refractivity contribution in [2.24, 2.45) is 0 Å². The minimum atomic E-state index is -0.706. The zero-order valence-electron chi connectivity index (χ0n) is 15.6. The summed E-state index contributed by atoms with van der Waals surface area (Å²) in [6.07, 6.45) is 2.41. The zero-order chi connectivity index (χ0) is 20.7. The second-order valence-corrected chi connectivity index (χ2v) is 8.08. The van der Waals surface area contributed by atoms with Gasteiger partial charge >= 0.3 is 0 Å². The maximum absolute atomic E-state index is 12.9. The molecule has 2 N–H and O–H groups in total. The minimum absolute atomic E-state index is 0.125. The van der Waals surface area contributed by atoms with Crippen LogP contribution < -0.4 is 5.32 Å². The molecule has 0 saturated carbocycles. The van der Waals surface area contributed by atoms with Crippen LogP contribution in [-0.2, 0) is 11.3 Å². The maximum atomic E-state index is 12.9. The number of phenols is 1. The lowest BCUT2D eigenvalue weighted by Gasteiger charge is -2.25. The summed E-state index contributed by atoms with van der Waals surface area (Å²) in [6.45, 7) is 0.235. The van der Waals surface area contributed by atoms with Crippen molar-refractivity contribution < 1.29 is 14.7 Å². The van der Waals surface area contributed by atoms with Crippen LogP contribution in [0.5, 0.6) is 5.75 Å². The molecular weight excluding hydrogens is 419 g/mol. The SMILES string of the molecule is CSCCC(NC(=O)c1ccc(Cl)cc1Cl)C(=O)N(C)Cc1ccccc1O. The molecule has 1 atom stereocenters. The molecule has 2 aromatic rings. The average Bonchev–Trinajstić information content (AvgIpc) is 2.66. The Morgan fingerprint density at radius 2 is 1.93 bits per heavy atom. The number of carbonyl (C=O) groups excluding carboxylic acids is 2. The summed E-state index contributed by atoms with van der Waals surface area (Å²) < 4.78 is 0. The Kier molecular flexibility index (Phi) is 8.48. The Morgan fingerprint density at radius 3 is 2.57 bits per heavy atom. The standard InChI is InChI=1S/C20H22Cl2N2O3S/c1-24(12-13-5-3-4-6-18(13)25)20(27)17(9-10-28-2)23-19(26)15-8-7-14(21)11-16(15)22/h3-8,11,17,25H,9-10,12H2,1-2H3,(H,23,26). The summed E-state index contributed by atoms with van der Waals surface area (Å²) in [7, 11) is 1.64. The number of likely N-dealkylation sites (N-methyl/N-ethyl adjacent to an activating group) is 1. The lowest BCUT2D eigenvalue weighted by atomic mass is 10.1. The van der Waals surface area contributed by atoms with E-state index >= 15 is 0 Å². The summed E-state index contributed by atoms with van der Waals surface area (Å²) in [5.74, 6) is 0.155. The Bertz CT molecular complexity index is 848. The number of halogens is 2. The van der Waals surface area contributed by atoms with Gasteiger partial charge < -0.3 is 15.3 Å². The Balaban J connectivity index is 2.13. The third-order valence-electron chi connectivity index (χ3n) is 4.17. The van der Waals surface area contributed by atoms with Gasteiger partial charge in [0, 0.05) is 24.2 Å². The smallest absolute Gasteiger partial charge is 0.253 e. The van der Waals surface area contributed by atoms with Crippen LogP contribution in [0.2, 0.25) is 10.0 Å². The number of rotatable bonds is 8. The molecule has 0 aliphatic rings. The van der Waals surface area contributed by atoms with Crippen molar-refractivity contribution in [3.8, 4) is 5.75 Å². The largest absolute Gasteiger partial charge is 0.508 e. The highest BCUT2D eigenvalue weighted by atomic mass is 35.5. The molecule has 0 aliphatic heterocycles. The third-order valence-corrected chi connectivity index (χ3v) is 5.36. The molecule has 2 aromatic carbocycles. The van der Waals surface area contributed by atoms with Gasteiger partial charge in [-0.15, -0.1) is 0 Å². The van der Waals surface area contributed by atoms with Crippen LogP contribution in [0.4, 0.5) is 0 Å². The number of para-hydroxylation sites is 1. The Hall–Kier alpha value is -1.89. The van der Waals surface area contributed by atoms with Gasteiger partial charge in [-0.05, 0) is 42.7 Å². The molecule has 150 valence electrons. The first kappa shape index (κ1) is 22.4. The lowest BCUT2D eigenvalue weighted by Crippen LogP contribution is -2.47. The second-order valence-electron chi connectivity index (χ2n) is 6.25. The van der Waals surface area contributed by atoms with Gasteiger partial charge in [0.05, 0.1) is 10.6 Å². The molecule has 2 rings (SSSR count). The molecule has 0 aromatic heterocycles. The Labute approximate surface area is 179 Å². The van der Waals surface area contributed by atoms with Crippen molar-refractivity contribution in [3.63, 3.8) is 0 Å². The molecule has 28 heavy (non-hydrogen) atoms. The maximum Gasteiger partial charge on any atom is 0.253 e. The monoisotopic (exact) mass is 440 g/mol. The molecule has 0 bridgehead atoms. The van der Waals surface area contributed by atoms with Crippen molar-refractivity contribution in [1.29, 1.82) is 0 Å². The van der Waals surface area contributed by atoms with Gasteiger partial charge in [-0.25, -0.2) is 0 Å². The van der Waals surface area contributed by atoms with E-state index in [1.54, 1.807) is 49.1 Å². The van der Waals surface area contributed by atoms with E-state index in [0.717, 1.165) is 0 Å². The molecule has 1 unspecified atom stereocenters. The van der Waals surface area contributed by atoms with Gasteiger partial charge in [-0.3, -0.25) is 9.59 Å². The quantitative estimate of drug-likeness (QED) is 0.644. The highest BCUT2D eigenvalue weighted by molar-refractivity contribution is 7.98. The molecule has 0 spiro atoms. The number of hydrogen-bond acceptors (Lipinski definition) is 4. The summed E-state index contributed by atoms with van der Waals surface area (Å²) in [4.78, 5) is 27.1. The zero-order valence-corrected chi connectivity index (χ0v) is 17.9. The molecule has 8 heteroatoms. The summed E-state index contributed by atoms with van der Waals surface area (Å²) in [5, 5.41) is 13.4. The van der Waals surface area contributed by atoms with Gasteiger partial charge in [0.2, 0.25) is 5.91 Å². The number of thioether (sulfide) groups is 1. The number of nitrogens with zero attached hydrogens (tertiary/aromatic N) is 1. The molecule has 0 saturated heterocycles. The molecule has 2 amide bonds. The van der Waals surface area contributed by atoms with E-state index in [1.165, 1.54) is 17.0 Å². The van der Waals surface area contributed by atoms with E-state index in [9.17, 15) is 14.7 Å². The minimum Gasteiger partial charge on any atom is -0.508 e. The van der Waals surface area contributed by atoms with Crippen LogP contribution in [0, 0.1) is 0 Å². The first-order chi connectivity index (χ1) is 13.3. The van der Waals surface area contributed by atoms with Crippen molar-refractivity contribution in [2.45, 2.75) is 19.0 Å². The number of amides is 2. The van der Waals surface area contributed by atoms with Gasteiger partial charge in [-0.2, -0.15) is 11.8 Å². The van der Waals surface area contributed by atoms with E-state index in [2.05, 4.69) is 5.32 Å². The van der Waals surface area contributed by atoms with Crippen LogP contribution in [0.15, 0.2) is 42.5 Å². The topological polar surface area (TPSA) is 69.6 Å². The van der Waals surface area contributed by atoms with Crippen LogP contribution >= 0.6 is 35.0 Å². The predicted molar refractivity (Wildman–Crippen MR) is 115 cm³/mol. The number of nitrogens with one attached hydrogen (secondary N) is 1. The van der Waals surface area contributed by atoms with E-state index < -0.39 is 11.9 Å². The predicted octanol–water partition coefficient (Wildman–Crippen LogP) is 4.21. The lowest BCUT2D eigenvalue weighted by molar-refractivity contribution is -0.132. The van der Waals surface area contributed by atoms with E-state index in [0.29, 0.717) is 22.8 Å². The number of aromatic hydroxyl groups is 1. The first-order valence-electron chi connectivity index (χ1n) is 8.60.